The Hall–Kier alpha value is -1.66. The highest BCUT2D eigenvalue weighted by Gasteiger charge is 2.60. The van der Waals surface area contributed by atoms with Gasteiger partial charge in [0.1, 0.15) is 0 Å². The highest BCUT2D eigenvalue weighted by molar-refractivity contribution is 5.81. The molecule has 22 heavy (non-hydrogen) atoms. The Morgan fingerprint density at radius 2 is 2.41 bits per heavy atom. The Morgan fingerprint density at radius 3 is 3.27 bits per heavy atom. The van der Waals surface area contributed by atoms with Crippen LogP contribution in [0, 0.1) is 0 Å². The summed E-state index contributed by atoms with van der Waals surface area (Å²) < 4.78 is 11.5. The molecular formula is C16H21N3O3. The van der Waals surface area contributed by atoms with Gasteiger partial charge in [-0.15, -0.1) is 0 Å². The van der Waals surface area contributed by atoms with Crippen molar-refractivity contribution in [1.82, 2.24) is 14.8 Å². The molecule has 3 saturated heterocycles. The molecule has 0 bridgehead atoms. The number of carbonyl (C=O) groups excluding carboxylic acids is 1. The van der Waals surface area contributed by atoms with Crippen LogP contribution in [0.15, 0.2) is 18.3 Å². The zero-order valence-corrected chi connectivity index (χ0v) is 12.8. The number of nitrogens with zero attached hydrogens (tertiary/aromatic N) is 3. The first-order chi connectivity index (χ1) is 10.7. The molecule has 3 aliphatic rings. The van der Waals surface area contributed by atoms with Crippen molar-refractivity contribution in [3.05, 3.63) is 23.9 Å². The van der Waals surface area contributed by atoms with Crippen LogP contribution in [0.2, 0.25) is 0 Å². The highest BCUT2D eigenvalue weighted by Crippen LogP contribution is 2.45. The van der Waals surface area contributed by atoms with Crippen LogP contribution in [0.4, 0.5) is 0 Å². The molecule has 0 aromatic carbocycles. The van der Waals surface area contributed by atoms with Crippen LogP contribution in [-0.2, 0) is 16.1 Å². The quantitative estimate of drug-likeness (QED) is 0.834. The lowest BCUT2D eigenvalue weighted by molar-refractivity contribution is -0.180. The Morgan fingerprint density at radius 1 is 1.50 bits per heavy atom. The van der Waals surface area contributed by atoms with E-state index in [9.17, 15) is 4.79 Å². The van der Waals surface area contributed by atoms with Crippen LogP contribution < -0.4 is 4.74 Å². The summed E-state index contributed by atoms with van der Waals surface area (Å²) in [6.07, 6.45) is 4.13. The zero-order chi connectivity index (χ0) is 15.2. The van der Waals surface area contributed by atoms with Gasteiger partial charge < -0.3 is 14.4 Å². The summed E-state index contributed by atoms with van der Waals surface area (Å²) >= 11 is 0. The average Bonchev–Trinajstić information content (AvgIpc) is 3.02. The van der Waals surface area contributed by atoms with Gasteiger partial charge in [0.25, 0.3) is 0 Å². The minimum absolute atomic E-state index is 0.144. The summed E-state index contributed by atoms with van der Waals surface area (Å²) in [6, 6.07) is 4.10. The largest absolute Gasteiger partial charge is 0.481 e. The van der Waals surface area contributed by atoms with Gasteiger partial charge in [-0.05, 0) is 12.5 Å². The molecule has 0 aliphatic carbocycles. The fourth-order valence-electron chi connectivity index (χ4n) is 4.17. The minimum atomic E-state index is -0.384. The van der Waals surface area contributed by atoms with E-state index in [0.29, 0.717) is 12.3 Å². The van der Waals surface area contributed by atoms with E-state index in [0.717, 1.165) is 44.6 Å². The number of rotatable bonds is 3. The first-order valence-corrected chi connectivity index (χ1v) is 7.91. The fourth-order valence-corrected chi connectivity index (χ4v) is 4.17. The molecule has 4 heterocycles. The van der Waals surface area contributed by atoms with Crippen molar-refractivity contribution in [2.45, 2.75) is 37.6 Å². The van der Waals surface area contributed by atoms with Crippen LogP contribution >= 0.6 is 0 Å². The SMILES string of the molecule is COc1ncccc1CN1CC[C@@]23OCCCN2C(=O)C[C@@H]13. The van der Waals surface area contributed by atoms with E-state index in [2.05, 4.69) is 9.88 Å². The Bertz CT molecular complexity index is 594. The first-order valence-electron chi connectivity index (χ1n) is 7.91. The number of likely N-dealkylation sites (tertiary alicyclic amines) is 1. The maximum Gasteiger partial charge on any atom is 0.226 e. The number of methoxy groups -OCH3 is 1. The zero-order valence-electron chi connectivity index (χ0n) is 12.8. The van der Waals surface area contributed by atoms with E-state index < -0.39 is 0 Å². The molecule has 3 fully saturated rings. The molecule has 0 N–H and O–H groups in total. The van der Waals surface area contributed by atoms with Gasteiger partial charge in [0.15, 0.2) is 5.72 Å². The van der Waals surface area contributed by atoms with Crippen molar-refractivity contribution in [3.8, 4) is 5.88 Å². The van der Waals surface area contributed by atoms with Crippen LogP contribution in [0.3, 0.4) is 0 Å². The van der Waals surface area contributed by atoms with Gasteiger partial charge in [-0.1, -0.05) is 6.07 Å². The van der Waals surface area contributed by atoms with Crippen molar-refractivity contribution >= 4 is 5.91 Å². The first kappa shape index (κ1) is 14.0. The molecule has 0 unspecified atom stereocenters. The molecule has 1 spiro atoms. The molecule has 4 rings (SSSR count). The van der Waals surface area contributed by atoms with E-state index in [1.807, 2.05) is 17.0 Å². The van der Waals surface area contributed by atoms with Gasteiger partial charge in [0, 0.05) is 44.2 Å². The molecule has 3 aliphatic heterocycles. The third kappa shape index (κ3) is 1.94. The summed E-state index contributed by atoms with van der Waals surface area (Å²) in [5, 5.41) is 0. The maximum absolute atomic E-state index is 12.3. The Balaban J connectivity index is 1.59. The summed E-state index contributed by atoms with van der Waals surface area (Å²) in [5.41, 5.74) is 0.675. The monoisotopic (exact) mass is 303 g/mol. The van der Waals surface area contributed by atoms with Gasteiger partial charge >= 0.3 is 0 Å². The molecule has 1 amide bonds. The number of hydrogen-bond donors (Lipinski definition) is 0. The molecule has 6 nitrogen and oxygen atoms in total. The smallest absolute Gasteiger partial charge is 0.226 e. The number of ether oxygens (including phenoxy) is 2. The van der Waals surface area contributed by atoms with Crippen molar-refractivity contribution in [3.63, 3.8) is 0 Å². The normalized spacial score (nSPS) is 31.2. The second-order valence-electron chi connectivity index (χ2n) is 6.20. The molecule has 118 valence electrons. The van der Waals surface area contributed by atoms with Crippen LogP contribution in [0.5, 0.6) is 5.88 Å². The molecule has 0 saturated carbocycles. The van der Waals surface area contributed by atoms with Crippen molar-refractivity contribution in [2.75, 3.05) is 26.8 Å². The van der Waals surface area contributed by atoms with Crippen molar-refractivity contribution < 1.29 is 14.3 Å². The second-order valence-corrected chi connectivity index (χ2v) is 6.20. The fraction of sp³-hybridized carbons (Fsp3) is 0.625. The van der Waals surface area contributed by atoms with Crippen molar-refractivity contribution in [1.29, 1.82) is 0 Å². The van der Waals surface area contributed by atoms with E-state index in [4.69, 9.17) is 9.47 Å². The lowest BCUT2D eigenvalue weighted by Gasteiger charge is -2.42. The summed E-state index contributed by atoms with van der Waals surface area (Å²) in [6.45, 7) is 3.27. The van der Waals surface area contributed by atoms with Crippen LogP contribution in [-0.4, -0.2) is 59.3 Å². The summed E-state index contributed by atoms with van der Waals surface area (Å²) in [7, 11) is 1.64. The van der Waals surface area contributed by atoms with Gasteiger partial charge in [0.05, 0.1) is 19.8 Å². The number of aromatic nitrogens is 1. The second kappa shape index (κ2) is 5.21. The third-order valence-corrected chi connectivity index (χ3v) is 5.14. The van der Waals surface area contributed by atoms with Crippen LogP contribution in [0.1, 0.15) is 24.8 Å². The van der Waals surface area contributed by atoms with Crippen LogP contribution in [0.25, 0.3) is 0 Å². The number of amides is 1. The molecular weight excluding hydrogens is 282 g/mol. The lowest BCUT2D eigenvalue weighted by atomic mass is 10.0. The van der Waals surface area contributed by atoms with Crippen molar-refractivity contribution in [2.24, 2.45) is 0 Å². The van der Waals surface area contributed by atoms with Gasteiger partial charge in [0.2, 0.25) is 11.8 Å². The number of hydrogen-bond acceptors (Lipinski definition) is 5. The molecule has 1 aromatic rings. The predicted molar refractivity (Wildman–Crippen MR) is 79.2 cm³/mol. The maximum atomic E-state index is 12.3. The van der Waals surface area contributed by atoms with Gasteiger partial charge in [-0.2, -0.15) is 0 Å². The summed E-state index contributed by atoms with van der Waals surface area (Å²) in [4.78, 5) is 20.9. The Labute approximate surface area is 130 Å². The average molecular weight is 303 g/mol. The Kier molecular flexibility index (Phi) is 3.31. The molecule has 2 atom stereocenters. The highest BCUT2D eigenvalue weighted by atomic mass is 16.5. The topological polar surface area (TPSA) is 54.9 Å². The van der Waals surface area contributed by atoms with Gasteiger partial charge in [-0.25, -0.2) is 4.98 Å². The van der Waals surface area contributed by atoms with E-state index in [1.165, 1.54) is 0 Å². The lowest BCUT2D eigenvalue weighted by Crippen LogP contribution is -2.56. The standard InChI is InChI=1S/C16H21N3O3/c1-21-15-12(4-2-6-17-15)11-18-8-5-16-13(18)10-14(20)19(16)7-3-9-22-16/h2,4,6,13H,3,5,7-11H2,1H3/t13-,16+/m1/s1. The number of carbonyl (C=O) groups is 1. The van der Waals surface area contributed by atoms with E-state index in [-0.39, 0.29) is 17.7 Å². The van der Waals surface area contributed by atoms with E-state index >= 15 is 0 Å². The predicted octanol–water partition coefficient (Wildman–Crippen LogP) is 1.01. The van der Waals surface area contributed by atoms with E-state index in [1.54, 1.807) is 13.3 Å². The molecule has 1 aromatic heterocycles. The molecule has 6 heteroatoms. The third-order valence-electron chi connectivity index (χ3n) is 5.14. The summed E-state index contributed by atoms with van der Waals surface area (Å²) in [5.74, 6) is 0.891. The van der Waals surface area contributed by atoms with Gasteiger partial charge in [-0.3, -0.25) is 9.69 Å². The minimum Gasteiger partial charge on any atom is -0.481 e. The number of pyridine rings is 1. The molecule has 0 radical (unpaired) electrons.